The van der Waals surface area contributed by atoms with Crippen LogP contribution in [0.4, 0.5) is 11.6 Å². The number of hydrogen-bond donors (Lipinski definition) is 3. The second-order valence-corrected chi connectivity index (χ2v) is 4.22. The van der Waals surface area contributed by atoms with E-state index in [0.29, 0.717) is 23.5 Å². The number of aromatic nitrogens is 2. The molecule has 1 fully saturated rings. The molecule has 1 aliphatic carbocycles. The summed E-state index contributed by atoms with van der Waals surface area (Å²) in [5.41, 5.74) is 5.64. The Hall–Kier alpha value is -1.89. The molecule has 1 amide bonds. The molecule has 0 aliphatic heterocycles. The van der Waals surface area contributed by atoms with Crippen LogP contribution in [0.2, 0.25) is 0 Å². The highest BCUT2D eigenvalue weighted by Crippen LogP contribution is 2.18. The Morgan fingerprint density at radius 3 is 3.00 bits per heavy atom. The highest BCUT2D eigenvalue weighted by atomic mass is 16.5. The number of methoxy groups -OCH3 is 1. The minimum absolute atomic E-state index is 0.0389. The topological polar surface area (TPSA) is 102 Å². The number of hydrogen-bond acceptors (Lipinski definition) is 6. The average Bonchev–Trinajstić information content (AvgIpc) is 3.10. The molecule has 0 spiro atoms. The fraction of sp³-hybridized carbons (Fsp3) is 0.545. The van der Waals surface area contributed by atoms with Gasteiger partial charge in [0.25, 0.3) is 0 Å². The molecule has 0 unspecified atom stereocenters. The molecule has 1 aliphatic rings. The lowest BCUT2D eigenvalue weighted by molar-refractivity contribution is -0.119. The van der Waals surface area contributed by atoms with Crippen molar-refractivity contribution in [3.05, 3.63) is 11.9 Å². The third-order valence-electron chi connectivity index (χ3n) is 2.44. The molecular formula is C11H17N5O2. The van der Waals surface area contributed by atoms with Gasteiger partial charge >= 0.3 is 0 Å². The number of nitrogens with one attached hydrogen (secondary N) is 2. The normalized spacial score (nSPS) is 14.3. The molecule has 0 atom stereocenters. The Labute approximate surface area is 105 Å². The molecule has 0 saturated heterocycles. The summed E-state index contributed by atoms with van der Waals surface area (Å²) in [7, 11) is 1.56. The predicted octanol–water partition coefficient (Wildman–Crippen LogP) is -0.104. The first-order chi connectivity index (χ1) is 8.67. The molecule has 1 heterocycles. The van der Waals surface area contributed by atoms with Gasteiger partial charge in [-0.2, -0.15) is 0 Å². The van der Waals surface area contributed by atoms with Crippen LogP contribution in [0.25, 0.3) is 0 Å². The minimum atomic E-state index is -0.0389. The van der Waals surface area contributed by atoms with Gasteiger partial charge in [-0.05, 0) is 12.8 Å². The standard InChI is InChI=1S/C11H17N5O2/c1-18-6-10-15-8(12)4-9(16-10)13-5-11(17)14-7-2-3-7/h4,7H,2-3,5-6H2,1H3,(H,14,17)(H3,12,13,15,16). The number of anilines is 2. The van der Waals surface area contributed by atoms with E-state index in [4.69, 9.17) is 10.5 Å². The summed E-state index contributed by atoms with van der Waals surface area (Å²) in [6.45, 7) is 0.466. The van der Waals surface area contributed by atoms with Gasteiger partial charge in [-0.15, -0.1) is 0 Å². The predicted molar refractivity (Wildman–Crippen MR) is 66.8 cm³/mol. The van der Waals surface area contributed by atoms with Crippen molar-refractivity contribution in [2.24, 2.45) is 0 Å². The van der Waals surface area contributed by atoms with Crippen LogP contribution in [0.3, 0.4) is 0 Å². The summed E-state index contributed by atoms with van der Waals surface area (Å²) in [5.74, 6) is 1.33. The number of amides is 1. The van der Waals surface area contributed by atoms with E-state index in [1.54, 1.807) is 13.2 Å². The maximum absolute atomic E-state index is 11.5. The Bertz CT molecular complexity index is 433. The van der Waals surface area contributed by atoms with Gasteiger partial charge in [0, 0.05) is 19.2 Å². The van der Waals surface area contributed by atoms with E-state index < -0.39 is 0 Å². The van der Waals surface area contributed by atoms with Crippen molar-refractivity contribution >= 4 is 17.5 Å². The SMILES string of the molecule is COCc1nc(N)cc(NCC(=O)NC2CC2)n1. The van der Waals surface area contributed by atoms with Gasteiger partial charge < -0.3 is 21.1 Å². The summed E-state index contributed by atoms with van der Waals surface area (Å²) in [4.78, 5) is 19.7. The summed E-state index contributed by atoms with van der Waals surface area (Å²) >= 11 is 0. The summed E-state index contributed by atoms with van der Waals surface area (Å²) < 4.78 is 4.94. The molecule has 4 N–H and O–H groups in total. The van der Waals surface area contributed by atoms with Crippen molar-refractivity contribution in [2.45, 2.75) is 25.5 Å². The molecule has 98 valence electrons. The van der Waals surface area contributed by atoms with Gasteiger partial charge in [0.2, 0.25) is 5.91 Å². The van der Waals surface area contributed by atoms with Gasteiger partial charge in [0.15, 0.2) is 5.82 Å². The van der Waals surface area contributed by atoms with Crippen LogP contribution in [0.1, 0.15) is 18.7 Å². The van der Waals surface area contributed by atoms with Crippen LogP contribution < -0.4 is 16.4 Å². The maximum Gasteiger partial charge on any atom is 0.239 e. The fourth-order valence-electron chi connectivity index (χ4n) is 1.48. The highest BCUT2D eigenvalue weighted by molar-refractivity contribution is 5.81. The van der Waals surface area contributed by atoms with E-state index in [0.717, 1.165) is 12.8 Å². The monoisotopic (exact) mass is 251 g/mol. The molecule has 0 radical (unpaired) electrons. The van der Waals surface area contributed by atoms with Crippen molar-refractivity contribution in [1.82, 2.24) is 15.3 Å². The summed E-state index contributed by atoms with van der Waals surface area (Å²) in [6.07, 6.45) is 2.15. The van der Waals surface area contributed by atoms with Crippen molar-refractivity contribution in [2.75, 3.05) is 24.7 Å². The zero-order valence-corrected chi connectivity index (χ0v) is 10.3. The first-order valence-electron chi connectivity index (χ1n) is 5.83. The van der Waals surface area contributed by atoms with E-state index in [9.17, 15) is 4.79 Å². The lowest BCUT2D eigenvalue weighted by Gasteiger charge is -2.08. The van der Waals surface area contributed by atoms with Gasteiger partial charge in [-0.3, -0.25) is 4.79 Å². The molecule has 2 rings (SSSR count). The average molecular weight is 251 g/mol. The van der Waals surface area contributed by atoms with Crippen molar-refractivity contribution < 1.29 is 9.53 Å². The van der Waals surface area contributed by atoms with Crippen molar-refractivity contribution in [3.8, 4) is 0 Å². The Morgan fingerprint density at radius 2 is 2.33 bits per heavy atom. The molecule has 1 saturated carbocycles. The zero-order valence-electron chi connectivity index (χ0n) is 10.3. The Kier molecular flexibility index (Phi) is 3.93. The molecule has 0 aromatic carbocycles. The molecule has 7 heteroatoms. The number of nitrogens with zero attached hydrogens (tertiary/aromatic N) is 2. The van der Waals surface area contributed by atoms with Crippen LogP contribution in [-0.2, 0) is 16.1 Å². The second-order valence-electron chi connectivity index (χ2n) is 4.22. The third-order valence-corrected chi connectivity index (χ3v) is 2.44. The molecular weight excluding hydrogens is 234 g/mol. The Morgan fingerprint density at radius 1 is 1.56 bits per heavy atom. The third kappa shape index (κ3) is 3.85. The molecule has 1 aromatic heterocycles. The minimum Gasteiger partial charge on any atom is -0.384 e. The van der Waals surface area contributed by atoms with Crippen LogP contribution >= 0.6 is 0 Å². The van der Waals surface area contributed by atoms with E-state index in [1.807, 2.05) is 0 Å². The quantitative estimate of drug-likeness (QED) is 0.652. The van der Waals surface area contributed by atoms with Gasteiger partial charge in [-0.25, -0.2) is 9.97 Å². The molecule has 18 heavy (non-hydrogen) atoms. The van der Waals surface area contributed by atoms with Gasteiger partial charge in [-0.1, -0.05) is 0 Å². The number of carbonyl (C=O) groups excluding carboxylic acids is 1. The van der Waals surface area contributed by atoms with E-state index >= 15 is 0 Å². The lowest BCUT2D eigenvalue weighted by Crippen LogP contribution is -2.31. The smallest absolute Gasteiger partial charge is 0.239 e. The number of carbonyl (C=O) groups is 1. The van der Waals surface area contributed by atoms with Gasteiger partial charge in [0.1, 0.15) is 18.2 Å². The van der Waals surface area contributed by atoms with Crippen molar-refractivity contribution in [3.63, 3.8) is 0 Å². The van der Waals surface area contributed by atoms with Crippen LogP contribution in [0.5, 0.6) is 0 Å². The highest BCUT2D eigenvalue weighted by Gasteiger charge is 2.22. The first kappa shape index (κ1) is 12.6. The van der Waals surface area contributed by atoms with Crippen LogP contribution in [0, 0.1) is 0 Å². The number of rotatable bonds is 6. The molecule has 1 aromatic rings. The number of ether oxygens (including phenoxy) is 1. The van der Waals surface area contributed by atoms with Crippen molar-refractivity contribution in [1.29, 1.82) is 0 Å². The number of nitrogen functional groups attached to an aromatic ring is 1. The fourth-order valence-corrected chi connectivity index (χ4v) is 1.48. The lowest BCUT2D eigenvalue weighted by atomic mass is 10.4. The molecule has 7 nitrogen and oxygen atoms in total. The van der Waals surface area contributed by atoms with E-state index in [-0.39, 0.29) is 19.1 Å². The second kappa shape index (κ2) is 5.63. The van der Waals surface area contributed by atoms with Crippen LogP contribution in [0.15, 0.2) is 6.07 Å². The number of nitrogens with two attached hydrogens (primary N) is 1. The first-order valence-corrected chi connectivity index (χ1v) is 5.83. The summed E-state index contributed by atoms with van der Waals surface area (Å²) in [6, 6.07) is 1.95. The Balaban J connectivity index is 1.88. The van der Waals surface area contributed by atoms with Crippen LogP contribution in [-0.4, -0.2) is 35.6 Å². The van der Waals surface area contributed by atoms with E-state index in [1.165, 1.54) is 0 Å². The van der Waals surface area contributed by atoms with E-state index in [2.05, 4.69) is 20.6 Å². The zero-order chi connectivity index (χ0) is 13.0. The maximum atomic E-state index is 11.5. The van der Waals surface area contributed by atoms with Gasteiger partial charge in [0.05, 0.1) is 6.54 Å². The molecule has 0 bridgehead atoms. The largest absolute Gasteiger partial charge is 0.384 e. The summed E-state index contributed by atoms with van der Waals surface area (Å²) in [5, 5.41) is 5.80.